The highest BCUT2D eigenvalue weighted by Gasteiger charge is 2.20. The molecule has 0 fully saturated rings. The van der Waals surface area contributed by atoms with Gasteiger partial charge in [-0.3, -0.25) is 9.78 Å². The first kappa shape index (κ1) is 12.8. The van der Waals surface area contributed by atoms with Crippen LogP contribution in [0.3, 0.4) is 0 Å². The van der Waals surface area contributed by atoms with E-state index in [1.54, 1.807) is 12.3 Å². The summed E-state index contributed by atoms with van der Waals surface area (Å²) in [6.45, 7) is 3.78. The minimum Gasteiger partial charge on any atom is -0.346 e. The number of halogens is 1. The van der Waals surface area contributed by atoms with Crippen LogP contribution in [0.25, 0.3) is 10.9 Å². The fourth-order valence-electron chi connectivity index (χ4n) is 1.71. The summed E-state index contributed by atoms with van der Waals surface area (Å²) in [6, 6.07) is 9.23. The minimum absolute atomic E-state index is 0.126. The molecule has 1 heterocycles. The van der Waals surface area contributed by atoms with Crippen LogP contribution in [0, 0.1) is 0 Å². The first-order valence-corrected chi connectivity index (χ1v) is 6.29. The lowest BCUT2D eigenvalue weighted by Crippen LogP contribution is -2.44. The molecular formula is C14H15ClN2O. The number of amides is 1. The molecule has 0 aliphatic rings. The average Bonchev–Trinajstić information content (AvgIpc) is 2.37. The maximum atomic E-state index is 12.2. The molecule has 1 aromatic heterocycles. The van der Waals surface area contributed by atoms with E-state index in [4.69, 9.17) is 11.6 Å². The number of aromatic nitrogens is 1. The van der Waals surface area contributed by atoms with E-state index in [9.17, 15) is 4.79 Å². The number of pyridine rings is 1. The molecule has 94 valence electrons. The number of fused-ring (bicyclic) bond motifs is 1. The smallest absolute Gasteiger partial charge is 0.252 e. The Morgan fingerprint density at radius 1 is 1.33 bits per heavy atom. The average molecular weight is 263 g/mol. The number of nitrogens with zero attached hydrogens (tertiary/aromatic N) is 1. The van der Waals surface area contributed by atoms with Crippen LogP contribution in [0.5, 0.6) is 0 Å². The van der Waals surface area contributed by atoms with Gasteiger partial charge < -0.3 is 5.32 Å². The molecular weight excluding hydrogens is 248 g/mol. The van der Waals surface area contributed by atoms with Gasteiger partial charge in [0.15, 0.2) is 0 Å². The Morgan fingerprint density at radius 2 is 2.11 bits per heavy atom. The molecule has 0 bridgehead atoms. The minimum atomic E-state index is -0.428. The van der Waals surface area contributed by atoms with E-state index in [0.29, 0.717) is 11.4 Å². The van der Waals surface area contributed by atoms with Gasteiger partial charge in [-0.1, -0.05) is 12.1 Å². The van der Waals surface area contributed by atoms with Crippen molar-refractivity contribution in [3.8, 4) is 0 Å². The van der Waals surface area contributed by atoms with Crippen molar-refractivity contribution >= 4 is 28.4 Å². The summed E-state index contributed by atoms with van der Waals surface area (Å²) in [7, 11) is 0. The maximum absolute atomic E-state index is 12.2. The topological polar surface area (TPSA) is 42.0 Å². The van der Waals surface area contributed by atoms with Gasteiger partial charge in [-0.2, -0.15) is 0 Å². The van der Waals surface area contributed by atoms with Crippen molar-refractivity contribution in [3.63, 3.8) is 0 Å². The lowest BCUT2D eigenvalue weighted by Gasteiger charge is -2.23. The van der Waals surface area contributed by atoms with E-state index in [1.807, 2.05) is 38.1 Å². The maximum Gasteiger partial charge on any atom is 0.252 e. The van der Waals surface area contributed by atoms with Gasteiger partial charge in [-0.15, -0.1) is 11.6 Å². The molecule has 2 aromatic rings. The van der Waals surface area contributed by atoms with Crippen molar-refractivity contribution in [1.82, 2.24) is 10.3 Å². The van der Waals surface area contributed by atoms with E-state index in [1.165, 1.54) is 0 Å². The van der Waals surface area contributed by atoms with Crippen LogP contribution in [-0.4, -0.2) is 22.3 Å². The number of nitrogens with one attached hydrogen (secondary N) is 1. The summed E-state index contributed by atoms with van der Waals surface area (Å²) in [5, 5.41) is 3.77. The van der Waals surface area contributed by atoms with Gasteiger partial charge in [0, 0.05) is 28.6 Å². The fourth-order valence-corrected chi connectivity index (χ4v) is 1.78. The summed E-state index contributed by atoms with van der Waals surface area (Å²) in [5.74, 6) is 0.237. The van der Waals surface area contributed by atoms with Gasteiger partial charge in [-0.05, 0) is 32.0 Å². The Hall–Kier alpha value is -1.61. The van der Waals surface area contributed by atoms with Crippen molar-refractivity contribution in [3.05, 3.63) is 42.1 Å². The number of hydrogen-bond donors (Lipinski definition) is 1. The van der Waals surface area contributed by atoms with Crippen molar-refractivity contribution in [2.75, 3.05) is 5.88 Å². The van der Waals surface area contributed by atoms with Crippen LogP contribution in [0.2, 0.25) is 0 Å². The highest BCUT2D eigenvalue weighted by atomic mass is 35.5. The van der Waals surface area contributed by atoms with E-state index in [-0.39, 0.29) is 5.91 Å². The summed E-state index contributed by atoms with van der Waals surface area (Å²) < 4.78 is 0. The second-order valence-corrected chi connectivity index (χ2v) is 5.11. The van der Waals surface area contributed by atoms with Crippen LogP contribution in [0.1, 0.15) is 24.2 Å². The molecule has 3 nitrogen and oxygen atoms in total. The second-order valence-electron chi connectivity index (χ2n) is 4.85. The van der Waals surface area contributed by atoms with E-state index >= 15 is 0 Å². The van der Waals surface area contributed by atoms with Gasteiger partial charge in [-0.25, -0.2) is 0 Å². The van der Waals surface area contributed by atoms with Crippen LogP contribution >= 0.6 is 11.6 Å². The normalized spacial score (nSPS) is 11.5. The third-order valence-corrected chi connectivity index (χ3v) is 3.34. The predicted molar refractivity (Wildman–Crippen MR) is 74.0 cm³/mol. The summed E-state index contributed by atoms with van der Waals surface area (Å²) in [6.07, 6.45) is 1.71. The zero-order valence-corrected chi connectivity index (χ0v) is 11.2. The zero-order valence-electron chi connectivity index (χ0n) is 10.4. The lowest BCUT2D eigenvalue weighted by molar-refractivity contribution is 0.0922. The Kier molecular flexibility index (Phi) is 3.53. The monoisotopic (exact) mass is 262 g/mol. The molecule has 0 unspecified atom stereocenters. The number of hydrogen-bond acceptors (Lipinski definition) is 2. The van der Waals surface area contributed by atoms with Crippen LogP contribution in [0.15, 0.2) is 36.5 Å². The molecule has 0 atom stereocenters. The summed E-state index contributed by atoms with van der Waals surface area (Å²) in [4.78, 5) is 16.5. The fraction of sp³-hybridized carbons (Fsp3) is 0.286. The van der Waals surface area contributed by atoms with Gasteiger partial charge in [0.05, 0.1) is 5.52 Å². The van der Waals surface area contributed by atoms with Crippen molar-refractivity contribution in [2.45, 2.75) is 19.4 Å². The Bertz CT molecular complexity index is 576. The Morgan fingerprint density at radius 3 is 2.83 bits per heavy atom. The molecule has 0 aliphatic carbocycles. The molecule has 0 aliphatic heterocycles. The molecule has 1 N–H and O–H groups in total. The van der Waals surface area contributed by atoms with Crippen molar-refractivity contribution in [1.29, 1.82) is 0 Å². The molecule has 0 radical (unpaired) electrons. The standard InChI is InChI=1S/C14H15ClN2O/c1-14(2,9-15)17-13(18)11-5-3-7-12-10(11)6-4-8-16-12/h3-8H,9H2,1-2H3,(H,17,18). The molecule has 0 saturated heterocycles. The van der Waals surface area contributed by atoms with Crippen LogP contribution in [0.4, 0.5) is 0 Å². The first-order valence-electron chi connectivity index (χ1n) is 5.76. The largest absolute Gasteiger partial charge is 0.346 e. The van der Waals surface area contributed by atoms with Gasteiger partial charge in [0.25, 0.3) is 5.91 Å². The first-order chi connectivity index (χ1) is 8.53. The quantitative estimate of drug-likeness (QED) is 0.864. The van der Waals surface area contributed by atoms with Crippen molar-refractivity contribution in [2.24, 2.45) is 0 Å². The second kappa shape index (κ2) is 4.94. The highest BCUT2D eigenvalue weighted by Crippen LogP contribution is 2.17. The highest BCUT2D eigenvalue weighted by molar-refractivity contribution is 6.19. The summed E-state index contributed by atoms with van der Waals surface area (Å²) >= 11 is 5.82. The van der Waals surface area contributed by atoms with Gasteiger partial charge in [0.1, 0.15) is 0 Å². The van der Waals surface area contributed by atoms with Crippen molar-refractivity contribution < 1.29 is 4.79 Å². The summed E-state index contributed by atoms with van der Waals surface area (Å²) in [5.41, 5.74) is 1.01. The molecule has 2 rings (SSSR count). The van der Waals surface area contributed by atoms with E-state index in [0.717, 1.165) is 10.9 Å². The molecule has 0 spiro atoms. The van der Waals surface area contributed by atoms with Crippen LogP contribution in [-0.2, 0) is 0 Å². The van der Waals surface area contributed by atoms with E-state index in [2.05, 4.69) is 10.3 Å². The molecule has 0 saturated carbocycles. The third-order valence-electron chi connectivity index (χ3n) is 2.68. The third kappa shape index (κ3) is 2.62. The Labute approximate surface area is 111 Å². The zero-order chi connectivity index (χ0) is 13.2. The van der Waals surface area contributed by atoms with Crippen LogP contribution < -0.4 is 5.32 Å². The Balaban J connectivity index is 2.39. The number of carbonyl (C=O) groups excluding carboxylic acids is 1. The lowest BCUT2D eigenvalue weighted by atomic mass is 10.0. The predicted octanol–water partition coefficient (Wildman–Crippen LogP) is 2.98. The number of alkyl halides is 1. The SMILES string of the molecule is CC(C)(CCl)NC(=O)c1cccc2ncccc12. The molecule has 1 amide bonds. The van der Waals surface area contributed by atoms with Gasteiger partial charge >= 0.3 is 0 Å². The number of rotatable bonds is 3. The number of carbonyl (C=O) groups is 1. The molecule has 18 heavy (non-hydrogen) atoms. The number of benzene rings is 1. The van der Waals surface area contributed by atoms with Gasteiger partial charge in [0.2, 0.25) is 0 Å². The molecule has 4 heteroatoms. The molecule has 1 aromatic carbocycles. The van der Waals surface area contributed by atoms with E-state index < -0.39 is 5.54 Å².